The van der Waals surface area contributed by atoms with Crippen molar-refractivity contribution in [1.82, 2.24) is 0 Å². The topological polar surface area (TPSA) is 0 Å². The molecule has 0 unspecified atom stereocenters. The SMILES string of the molecule is CCC/C(=C/C[Si]c1ccccc1)c1ccccc1. The highest BCUT2D eigenvalue weighted by Gasteiger charge is 2.00. The number of benzene rings is 2. The van der Waals surface area contributed by atoms with Gasteiger partial charge in [-0.15, -0.1) is 0 Å². The van der Waals surface area contributed by atoms with Crippen molar-refractivity contribution in [1.29, 1.82) is 0 Å². The van der Waals surface area contributed by atoms with Gasteiger partial charge in [0.1, 0.15) is 0 Å². The van der Waals surface area contributed by atoms with Crippen molar-refractivity contribution in [2.75, 3.05) is 0 Å². The van der Waals surface area contributed by atoms with Gasteiger partial charge < -0.3 is 0 Å². The molecule has 0 aromatic heterocycles. The van der Waals surface area contributed by atoms with Gasteiger partial charge in [0.05, 0.1) is 9.52 Å². The highest BCUT2D eigenvalue weighted by Crippen LogP contribution is 2.20. The van der Waals surface area contributed by atoms with Crippen LogP contribution in [0, 0.1) is 0 Å². The Labute approximate surface area is 119 Å². The lowest BCUT2D eigenvalue weighted by Gasteiger charge is -2.06. The molecule has 2 radical (unpaired) electrons. The van der Waals surface area contributed by atoms with Gasteiger partial charge in [-0.05, 0) is 23.6 Å². The predicted molar refractivity (Wildman–Crippen MR) is 86.0 cm³/mol. The van der Waals surface area contributed by atoms with Crippen molar-refractivity contribution < 1.29 is 0 Å². The highest BCUT2D eigenvalue weighted by molar-refractivity contribution is 6.53. The molecule has 0 atom stereocenters. The summed E-state index contributed by atoms with van der Waals surface area (Å²) >= 11 is 0. The van der Waals surface area contributed by atoms with Crippen LogP contribution >= 0.6 is 0 Å². The average Bonchev–Trinajstić information content (AvgIpc) is 2.48. The molecule has 0 heterocycles. The minimum absolute atomic E-state index is 0.870. The molecule has 0 aliphatic rings. The lowest BCUT2D eigenvalue weighted by atomic mass is 10.0. The van der Waals surface area contributed by atoms with Gasteiger partial charge in [-0.2, -0.15) is 0 Å². The molecular formula is C18H20Si. The lowest BCUT2D eigenvalue weighted by molar-refractivity contribution is 0.972. The largest absolute Gasteiger partial charge is 0.0849 e. The van der Waals surface area contributed by atoms with E-state index in [0.717, 1.165) is 15.6 Å². The zero-order valence-electron chi connectivity index (χ0n) is 11.5. The van der Waals surface area contributed by atoms with Gasteiger partial charge in [-0.3, -0.25) is 0 Å². The van der Waals surface area contributed by atoms with Crippen LogP contribution in [0.25, 0.3) is 5.57 Å². The highest BCUT2D eigenvalue weighted by atomic mass is 28.2. The molecule has 2 aromatic rings. The molecule has 2 aromatic carbocycles. The first-order valence-corrected chi connectivity index (χ1v) is 8.14. The number of rotatable bonds is 6. The molecule has 0 N–H and O–H groups in total. The third-order valence-electron chi connectivity index (χ3n) is 3.09. The molecule has 0 fully saturated rings. The van der Waals surface area contributed by atoms with Crippen LogP contribution in [0.5, 0.6) is 0 Å². The van der Waals surface area contributed by atoms with Crippen molar-refractivity contribution in [2.45, 2.75) is 25.8 Å². The predicted octanol–water partition coefficient (Wildman–Crippen LogP) is 4.32. The molecule has 0 spiro atoms. The molecule has 0 bridgehead atoms. The normalized spacial score (nSPS) is 11.5. The minimum Gasteiger partial charge on any atom is -0.0835 e. The third kappa shape index (κ3) is 4.53. The van der Waals surface area contributed by atoms with E-state index in [4.69, 9.17) is 0 Å². The Bertz CT molecular complexity index is 500. The summed E-state index contributed by atoms with van der Waals surface area (Å²) in [5.74, 6) is 0. The summed E-state index contributed by atoms with van der Waals surface area (Å²) in [7, 11) is 0.870. The van der Waals surface area contributed by atoms with Crippen LogP contribution in [-0.4, -0.2) is 9.52 Å². The summed E-state index contributed by atoms with van der Waals surface area (Å²) < 4.78 is 0. The fourth-order valence-electron chi connectivity index (χ4n) is 2.13. The molecule has 0 nitrogen and oxygen atoms in total. The third-order valence-corrected chi connectivity index (χ3v) is 4.24. The van der Waals surface area contributed by atoms with E-state index in [-0.39, 0.29) is 0 Å². The molecule has 0 aliphatic heterocycles. The maximum atomic E-state index is 2.42. The average molecular weight is 264 g/mol. The van der Waals surface area contributed by atoms with Crippen LogP contribution in [0.4, 0.5) is 0 Å². The Hall–Kier alpha value is -1.60. The maximum Gasteiger partial charge on any atom is 0.0849 e. The molecule has 0 aliphatic carbocycles. The van der Waals surface area contributed by atoms with Crippen molar-refractivity contribution in [3.05, 3.63) is 72.3 Å². The Kier molecular flexibility index (Phi) is 5.64. The summed E-state index contributed by atoms with van der Waals surface area (Å²) in [5, 5.41) is 1.45. The van der Waals surface area contributed by atoms with Gasteiger partial charge >= 0.3 is 0 Å². The van der Waals surface area contributed by atoms with Gasteiger partial charge in [0.2, 0.25) is 0 Å². The zero-order valence-corrected chi connectivity index (χ0v) is 12.5. The first-order valence-electron chi connectivity index (χ1n) is 6.93. The van der Waals surface area contributed by atoms with Gasteiger partial charge in [0.15, 0.2) is 0 Å². The molecular weight excluding hydrogens is 244 g/mol. The smallest absolute Gasteiger partial charge is 0.0835 e. The van der Waals surface area contributed by atoms with Crippen molar-refractivity contribution in [3.63, 3.8) is 0 Å². The van der Waals surface area contributed by atoms with Crippen molar-refractivity contribution in [2.24, 2.45) is 0 Å². The lowest BCUT2D eigenvalue weighted by Crippen LogP contribution is -2.11. The van der Waals surface area contributed by atoms with Crippen LogP contribution in [0.1, 0.15) is 25.3 Å². The van der Waals surface area contributed by atoms with Crippen molar-refractivity contribution >= 4 is 20.3 Å². The Balaban J connectivity index is 2.01. The van der Waals surface area contributed by atoms with Gasteiger partial charge in [0.25, 0.3) is 0 Å². The van der Waals surface area contributed by atoms with Crippen LogP contribution in [-0.2, 0) is 0 Å². The van der Waals surface area contributed by atoms with Crippen LogP contribution < -0.4 is 5.19 Å². The fraction of sp³-hybridized carbons (Fsp3) is 0.222. The Morgan fingerprint density at radius 2 is 1.58 bits per heavy atom. The van der Waals surface area contributed by atoms with Crippen LogP contribution in [0.15, 0.2) is 66.7 Å². The summed E-state index contributed by atoms with van der Waals surface area (Å²) in [6.07, 6.45) is 4.79. The van der Waals surface area contributed by atoms with Gasteiger partial charge in [-0.1, -0.05) is 85.3 Å². The molecule has 0 saturated carbocycles. The molecule has 96 valence electrons. The van der Waals surface area contributed by atoms with E-state index in [0.29, 0.717) is 0 Å². The second-order valence-corrected chi connectivity index (χ2v) is 5.93. The Morgan fingerprint density at radius 1 is 0.947 bits per heavy atom. The van der Waals surface area contributed by atoms with E-state index >= 15 is 0 Å². The maximum absolute atomic E-state index is 2.42. The molecule has 0 saturated heterocycles. The first kappa shape index (κ1) is 13.8. The van der Waals surface area contributed by atoms with Crippen molar-refractivity contribution in [3.8, 4) is 0 Å². The van der Waals surface area contributed by atoms with E-state index in [9.17, 15) is 0 Å². The van der Waals surface area contributed by atoms with E-state index in [1.54, 1.807) is 0 Å². The molecule has 1 heteroatoms. The van der Waals surface area contributed by atoms with Crippen LogP contribution in [0.2, 0.25) is 6.04 Å². The van der Waals surface area contributed by atoms with E-state index < -0.39 is 0 Å². The molecule has 2 rings (SSSR count). The van der Waals surface area contributed by atoms with Gasteiger partial charge in [-0.25, -0.2) is 0 Å². The number of hydrogen-bond acceptors (Lipinski definition) is 0. The fourth-order valence-corrected chi connectivity index (χ4v) is 3.15. The second kappa shape index (κ2) is 7.75. The second-order valence-electron chi connectivity index (χ2n) is 4.59. The first-order chi connectivity index (χ1) is 9.40. The number of hydrogen-bond donors (Lipinski definition) is 0. The monoisotopic (exact) mass is 264 g/mol. The van der Waals surface area contributed by atoms with E-state index in [1.165, 1.54) is 29.2 Å². The minimum atomic E-state index is 0.870. The summed E-state index contributed by atoms with van der Waals surface area (Å²) in [6, 6.07) is 22.7. The quantitative estimate of drug-likeness (QED) is 0.682. The van der Waals surface area contributed by atoms with Gasteiger partial charge in [0, 0.05) is 0 Å². The van der Waals surface area contributed by atoms with E-state index in [1.807, 2.05) is 0 Å². The number of allylic oxidation sites excluding steroid dienone is 2. The zero-order chi connectivity index (χ0) is 13.3. The Morgan fingerprint density at radius 3 is 2.21 bits per heavy atom. The molecule has 0 amide bonds. The van der Waals surface area contributed by atoms with E-state index in [2.05, 4.69) is 73.7 Å². The summed E-state index contributed by atoms with van der Waals surface area (Å²) in [5.41, 5.74) is 2.87. The summed E-state index contributed by atoms with van der Waals surface area (Å²) in [6.45, 7) is 2.25. The standard InChI is InChI=1S/C18H20Si/c1-2-9-16(17-10-5-3-6-11-17)14-15-19-18-12-7-4-8-13-18/h3-8,10-14H,2,9,15H2,1H3/b16-14-. The summed E-state index contributed by atoms with van der Waals surface area (Å²) in [4.78, 5) is 0. The van der Waals surface area contributed by atoms with Crippen LogP contribution in [0.3, 0.4) is 0 Å². The molecule has 19 heavy (non-hydrogen) atoms.